The standard InChI is InChI=1S/C48H67N5O8S/c1-29-43(62-28-51-29)36-15-13-32(14-16-36)25-50-45(58)39-24-38(54)26-53(39)46(59)44(47(3,4)5)52-41(56)22-35-20-34(21-35)19-31-9-11-33(12-10-31)27-60-30(2)37(17-18-40(49)55)23-42(57)61-48(6,7)8/h9-16,28,30,34-35,37-39,44,54H,17-27H2,1-8H3,(H2,49,55)(H,50,58)(H,52,56)/t30-,34?,35?,37-,38-,39+,44-/m1/s1. The fraction of sp³-hybridized carbons (Fsp3) is 0.583. The number of aliphatic hydroxyl groups excluding tert-OH is 1. The SMILES string of the molecule is Cc1ncsc1-c1ccc(CNC(=O)[C@@H]2C[C@@H](O)CN2C(=O)[C@@H](NC(=O)CC2CC(Cc3ccc(CO[C@H](C)[C@H](CCC(N)=O)CC(=O)OC(C)(C)C)cc3)C2)C(C)(C)C)cc1. The maximum atomic E-state index is 14.1. The number of benzene rings is 2. The van der Waals surface area contributed by atoms with Crippen molar-refractivity contribution in [1.82, 2.24) is 20.5 Å². The average Bonchev–Trinajstić information content (AvgIpc) is 3.80. The first-order valence-electron chi connectivity index (χ1n) is 21.9. The molecule has 62 heavy (non-hydrogen) atoms. The molecule has 13 nitrogen and oxygen atoms in total. The number of nitrogens with zero attached hydrogens (tertiary/aromatic N) is 2. The number of nitrogens with one attached hydrogen (secondary N) is 2. The summed E-state index contributed by atoms with van der Waals surface area (Å²) in [6.07, 6.45) is 2.75. The van der Waals surface area contributed by atoms with Crippen LogP contribution in [0.2, 0.25) is 0 Å². The van der Waals surface area contributed by atoms with E-state index in [1.54, 1.807) is 11.3 Å². The van der Waals surface area contributed by atoms with Crippen molar-refractivity contribution in [2.75, 3.05) is 6.54 Å². The normalized spacial score (nSPS) is 20.4. The molecule has 338 valence electrons. The van der Waals surface area contributed by atoms with E-state index < -0.39 is 35.1 Å². The molecule has 2 aromatic carbocycles. The van der Waals surface area contributed by atoms with Gasteiger partial charge in [-0.1, -0.05) is 69.3 Å². The van der Waals surface area contributed by atoms with Crippen molar-refractivity contribution in [1.29, 1.82) is 0 Å². The number of aliphatic hydroxyl groups is 1. The van der Waals surface area contributed by atoms with Crippen LogP contribution < -0.4 is 16.4 Å². The number of rotatable bonds is 19. The van der Waals surface area contributed by atoms with Gasteiger partial charge in [0.05, 0.1) is 41.3 Å². The monoisotopic (exact) mass is 873 g/mol. The second-order valence-corrected chi connectivity index (χ2v) is 20.3. The van der Waals surface area contributed by atoms with Gasteiger partial charge in [0.15, 0.2) is 0 Å². The number of hydrogen-bond acceptors (Lipinski definition) is 10. The molecule has 14 heteroatoms. The molecular weight excluding hydrogens is 807 g/mol. The molecule has 1 saturated heterocycles. The van der Waals surface area contributed by atoms with Gasteiger partial charge in [0, 0.05) is 32.4 Å². The number of thiazole rings is 1. The maximum absolute atomic E-state index is 14.1. The zero-order chi connectivity index (χ0) is 45.4. The molecule has 0 bridgehead atoms. The first-order chi connectivity index (χ1) is 29.1. The van der Waals surface area contributed by atoms with Gasteiger partial charge in [-0.15, -0.1) is 11.3 Å². The van der Waals surface area contributed by atoms with Crippen molar-refractivity contribution in [3.63, 3.8) is 0 Å². The number of aryl methyl sites for hydroxylation is 1. The summed E-state index contributed by atoms with van der Waals surface area (Å²) >= 11 is 1.58. The number of β-amino-alcohol motifs (C(OH)–C–C–N with tert-alkyl or cyclic N) is 1. The van der Waals surface area contributed by atoms with Crippen LogP contribution in [0.5, 0.6) is 0 Å². The van der Waals surface area contributed by atoms with Crippen LogP contribution in [-0.2, 0) is 53.0 Å². The molecule has 4 amide bonds. The summed E-state index contributed by atoms with van der Waals surface area (Å²) in [4.78, 5) is 71.9. The smallest absolute Gasteiger partial charge is 0.306 e. The lowest BCUT2D eigenvalue weighted by molar-refractivity contribution is -0.157. The zero-order valence-electron chi connectivity index (χ0n) is 37.7. The largest absolute Gasteiger partial charge is 0.460 e. The van der Waals surface area contributed by atoms with Crippen molar-refractivity contribution in [3.8, 4) is 10.4 Å². The molecule has 3 aromatic rings. The van der Waals surface area contributed by atoms with Crippen molar-refractivity contribution >= 4 is 40.9 Å². The van der Waals surface area contributed by atoms with E-state index in [9.17, 15) is 29.1 Å². The molecular formula is C48H67N5O8S. The second kappa shape index (κ2) is 21.1. The first-order valence-corrected chi connectivity index (χ1v) is 22.8. The van der Waals surface area contributed by atoms with Crippen molar-refractivity contribution < 1.29 is 38.6 Å². The van der Waals surface area contributed by atoms with Gasteiger partial charge in [-0.3, -0.25) is 24.0 Å². The topological polar surface area (TPSA) is 190 Å². The maximum Gasteiger partial charge on any atom is 0.306 e. The number of amides is 4. The fourth-order valence-corrected chi connectivity index (χ4v) is 9.18. The summed E-state index contributed by atoms with van der Waals surface area (Å²) < 4.78 is 11.7. The molecule has 0 unspecified atom stereocenters. The minimum atomic E-state index is -0.870. The lowest BCUT2D eigenvalue weighted by Gasteiger charge is -2.37. The molecule has 2 heterocycles. The first kappa shape index (κ1) is 48.4. The second-order valence-electron chi connectivity index (χ2n) is 19.4. The number of hydrogen-bond donors (Lipinski definition) is 4. The molecule has 2 fully saturated rings. The minimum Gasteiger partial charge on any atom is -0.460 e. The third-order valence-corrected chi connectivity index (χ3v) is 12.8. The lowest BCUT2D eigenvalue weighted by atomic mass is 9.70. The number of carbonyl (C=O) groups is 5. The quantitative estimate of drug-likeness (QED) is 0.0988. The highest BCUT2D eigenvalue weighted by Crippen LogP contribution is 2.39. The number of primary amides is 1. The van der Waals surface area contributed by atoms with E-state index >= 15 is 0 Å². The van der Waals surface area contributed by atoms with E-state index in [0.29, 0.717) is 25.4 Å². The Hall–Kier alpha value is -4.66. The van der Waals surface area contributed by atoms with Crippen LogP contribution in [0.4, 0.5) is 0 Å². The predicted octanol–water partition coefficient (Wildman–Crippen LogP) is 6.41. The summed E-state index contributed by atoms with van der Waals surface area (Å²) in [5.41, 5.74) is 11.1. The van der Waals surface area contributed by atoms with E-state index in [1.165, 1.54) is 10.5 Å². The van der Waals surface area contributed by atoms with Crippen molar-refractivity contribution in [2.45, 2.75) is 150 Å². The predicted molar refractivity (Wildman–Crippen MR) is 239 cm³/mol. The third-order valence-electron chi connectivity index (χ3n) is 11.9. The van der Waals surface area contributed by atoms with Gasteiger partial charge in [0.1, 0.15) is 17.7 Å². The summed E-state index contributed by atoms with van der Waals surface area (Å²) in [5, 5.41) is 16.6. The minimum absolute atomic E-state index is 0.0222. The van der Waals surface area contributed by atoms with Crippen molar-refractivity contribution in [3.05, 3.63) is 76.4 Å². The van der Waals surface area contributed by atoms with Crippen LogP contribution in [0.3, 0.4) is 0 Å². The fourth-order valence-electron chi connectivity index (χ4n) is 8.37. The van der Waals surface area contributed by atoms with Crippen LogP contribution in [0, 0.1) is 30.1 Å². The molecule has 0 spiro atoms. The average molecular weight is 874 g/mol. The summed E-state index contributed by atoms with van der Waals surface area (Å²) in [7, 11) is 0. The Kier molecular flexibility index (Phi) is 16.5. The molecule has 5 N–H and O–H groups in total. The Labute approximate surface area is 370 Å². The van der Waals surface area contributed by atoms with Gasteiger partial charge in [0.25, 0.3) is 0 Å². The highest BCUT2D eigenvalue weighted by atomic mass is 32.1. The highest BCUT2D eigenvalue weighted by molar-refractivity contribution is 7.13. The van der Waals surface area contributed by atoms with E-state index in [0.717, 1.165) is 46.5 Å². The Balaban J connectivity index is 1.06. The van der Waals surface area contributed by atoms with Gasteiger partial charge in [-0.05, 0) is 106 Å². The molecule has 5 atom stereocenters. The number of carbonyl (C=O) groups excluding carboxylic acids is 5. The summed E-state index contributed by atoms with van der Waals surface area (Å²) in [6.45, 7) is 15.7. The van der Waals surface area contributed by atoms with Gasteiger partial charge in [-0.25, -0.2) is 4.98 Å². The van der Waals surface area contributed by atoms with E-state index in [2.05, 4.69) is 27.8 Å². The van der Waals surface area contributed by atoms with Crippen LogP contribution in [-0.4, -0.2) is 81.0 Å². The Morgan fingerprint density at radius 3 is 2.18 bits per heavy atom. The van der Waals surface area contributed by atoms with Crippen LogP contribution in [0.1, 0.15) is 116 Å². The highest BCUT2D eigenvalue weighted by Gasteiger charge is 2.45. The van der Waals surface area contributed by atoms with Crippen molar-refractivity contribution in [2.24, 2.45) is 28.9 Å². The van der Waals surface area contributed by atoms with Crippen LogP contribution in [0.25, 0.3) is 10.4 Å². The number of likely N-dealkylation sites (tertiary alicyclic amines) is 1. The molecule has 1 saturated carbocycles. The number of esters is 1. The van der Waals surface area contributed by atoms with Crippen LogP contribution >= 0.6 is 11.3 Å². The van der Waals surface area contributed by atoms with E-state index in [4.69, 9.17) is 15.2 Å². The van der Waals surface area contributed by atoms with Gasteiger partial charge < -0.3 is 35.8 Å². The van der Waals surface area contributed by atoms with Crippen LogP contribution in [0.15, 0.2) is 54.0 Å². The number of aromatic nitrogens is 1. The molecule has 0 radical (unpaired) electrons. The van der Waals surface area contributed by atoms with E-state index in [1.807, 2.05) is 97.3 Å². The molecule has 1 aliphatic carbocycles. The Morgan fingerprint density at radius 2 is 1.58 bits per heavy atom. The van der Waals surface area contributed by atoms with Gasteiger partial charge >= 0.3 is 5.97 Å². The Morgan fingerprint density at radius 1 is 0.935 bits per heavy atom. The summed E-state index contributed by atoms with van der Waals surface area (Å²) in [6, 6.07) is 14.5. The molecule has 5 rings (SSSR count). The summed E-state index contributed by atoms with van der Waals surface area (Å²) in [5.74, 6) is -1.21. The number of ether oxygens (including phenoxy) is 2. The molecule has 2 aliphatic rings. The van der Waals surface area contributed by atoms with Gasteiger partial charge in [-0.2, -0.15) is 0 Å². The molecule has 1 aliphatic heterocycles. The lowest BCUT2D eigenvalue weighted by Crippen LogP contribution is -2.58. The van der Waals surface area contributed by atoms with E-state index in [-0.39, 0.29) is 74.0 Å². The molecule has 1 aromatic heterocycles. The number of nitrogens with two attached hydrogens (primary N) is 1. The Bertz CT molecular complexity index is 2000. The third kappa shape index (κ3) is 14.2. The van der Waals surface area contributed by atoms with Gasteiger partial charge in [0.2, 0.25) is 23.6 Å². The zero-order valence-corrected chi connectivity index (χ0v) is 38.5.